The summed E-state index contributed by atoms with van der Waals surface area (Å²) in [7, 11) is 3.05. The summed E-state index contributed by atoms with van der Waals surface area (Å²) in [6.45, 7) is 1.96. The summed E-state index contributed by atoms with van der Waals surface area (Å²) >= 11 is 1.38. The molecule has 0 atom stereocenters. The van der Waals surface area contributed by atoms with Gasteiger partial charge < -0.3 is 9.47 Å². The van der Waals surface area contributed by atoms with Crippen molar-refractivity contribution < 1.29 is 19.1 Å². The molecule has 0 radical (unpaired) electrons. The summed E-state index contributed by atoms with van der Waals surface area (Å²) in [4.78, 5) is 27.8. The zero-order valence-corrected chi connectivity index (χ0v) is 15.6. The Morgan fingerprint density at radius 1 is 0.923 bits per heavy atom. The minimum Gasteiger partial charge on any atom is -0.493 e. The molecule has 0 saturated heterocycles. The van der Waals surface area contributed by atoms with Crippen molar-refractivity contribution in [1.82, 2.24) is 0 Å². The molecule has 6 heteroatoms. The zero-order valence-electron chi connectivity index (χ0n) is 14.8. The number of ether oxygens (including phenoxy) is 2. The molecule has 0 aromatic heterocycles. The van der Waals surface area contributed by atoms with Crippen molar-refractivity contribution in [3.8, 4) is 11.5 Å². The SMILES string of the molecule is CCSC1=C(c2ccccc2)C(=O)N(c2ccc(OC)c(OC)c2)C1=O. The van der Waals surface area contributed by atoms with Crippen molar-refractivity contribution in [2.45, 2.75) is 6.92 Å². The van der Waals surface area contributed by atoms with E-state index in [1.54, 1.807) is 18.2 Å². The van der Waals surface area contributed by atoms with Crippen molar-refractivity contribution in [3.63, 3.8) is 0 Å². The fourth-order valence-corrected chi connectivity index (χ4v) is 3.70. The highest BCUT2D eigenvalue weighted by molar-refractivity contribution is 8.04. The Morgan fingerprint density at radius 2 is 1.62 bits per heavy atom. The second-order valence-electron chi connectivity index (χ2n) is 5.49. The van der Waals surface area contributed by atoms with Gasteiger partial charge in [-0.15, -0.1) is 11.8 Å². The van der Waals surface area contributed by atoms with Gasteiger partial charge in [0.15, 0.2) is 11.5 Å². The summed E-state index contributed by atoms with van der Waals surface area (Å²) < 4.78 is 10.5. The Morgan fingerprint density at radius 3 is 2.23 bits per heavy atom. The number of hydrogen-bond donors (Lipinski definition) is 0. The number of anilines is 1. The highest BCUT2D eigenvalue weighted by Gasteiger charge is 2.40. The number of carbonyl (C=O) groups excluding carboxylic acids is 2. The summed E-state index contributed by atoms with van der Waals surface area (Å²) in [5, 5.41) is 0. The lowest BCUT2D eigenvalue weighted by Gasteiger charge is -2.17. The topological polar surface area (TPSA) is 55.8 Å². The zero-order chi connectivity index (χ0) is 18.7. The standard InChI is InChI=1S/C20H19NO4S/c1-4-26-18-17(13-8-6-5-7-9-13)19(22)21(20(18)23)14-10-11-15(24-2)16(12-14)25-3/h5-12H,4H2,1-3H3. The first-order chi connectivity index (χ1) is 12.6. The molecule has 0 fully saturated rings. The van der Waals surface area contributed by atoms with E-state index in [0.717, 1.165) is 5.56 Å². The van der Waals surface area contributed by atoms with Crippen LogP contribution in [0.1, 0.15) is 12.5 Å². The number of nitrogens with zero attached hydrogens (tertiary/aromatic N) is 1. The van der Waals surface area contributed by atoms with Gasteiger partial charge in [0.25, 0.3) is 11.8 Å². The molecule has 0 saturated carbocycles. The van der Waals surface area contributed by atoms with Crippen LogP contribution in [-0.2, 0) is 9.59 Å². The van der Waals surface area contributed by atoms with Gasteiger partial charge in [0.1, 0.15) is 0 Å². The van der Waals surface area contributed by atoms with Gasteiger partial charge in [0, 0.05) is 6.07 Å². The molecule has 2 amide bonds. The van der Waals surface area contributed by atoms with Crippen LogP contribution in [0.5, 0.6) is 11.5 Å². The van der Waals surface area contributed by atoms with Crippen LogP contribution in [0.2, 0.25) is 0 Å². The quantitative estimate of drug-likeness (QED) is 0.726. The van der Waals surface area contributed by atoms with Crippen molar-refractivity contribution in [1.29, 1.82) is 0 Å². The van der Waals surface area contributed by atoms with Crippen molar-refractivity contribution >= 4 is 34.8 Å². The first kappa shape index (κ1) is 18.1. The average molecular weight is 369 g/mol. The van der Waals surface area contributed by atoms with Gasteiger partial charge in [-0.1, -0.05) is 37.3 Å². The maximum Gasteiger partial charge on any atom is 0.272 e. The molecule has 5 nitrogen and oxygen atoms in total. The van der Waals surface area contributed by atoms with Gasteiger partial charge in [-0.3, -0.25) is 9.59 Å². The summed E-state index contributed by atoms with van der Waals surface area (Å²) in [6.07, 6.45) is 0. The number of hydrogen-bond acceptors (Lipinski definition) is 5. The minimum atomic E-state index is -0.329. The number of methoxy groups -OCH3 is 2. The van der Waals surface area contributed by atoms with Gasteiger partial charge in [-0.05, 0) is 23.4 Å². The highest BCUT2D eigenvalue weighted by Crippen LogP contribution is 2.40. The van der Waals surface area contributed by atoms with Crippen LogP contribution in [0.3, 0.4) is 0 Å². The molecule has 2 aromatic carbocycles. The van der Waals surface area contributed by atoms with E-state index in [1.807, 2.05) is 37.3 Å². The van der Waals surface area contributed by atoms with Crippen molar-refractivity contribution in [2.24, 2.45) is 0 Å². The second kappa shape index (κ2) is 7.66. The minimum absolute atomic E-state index is 0.312. The maximum atomic E-state index is 13.1. The molecule has 1 aliphatic rings. The molecule has 26 heavy (non-hydrogen) atoms. The third-order valence-electron chi connectivity index (χ3n) is 4.02. The number of thioether (sulfide) groups is 1. The molecule has 134 valence electrons. The summed E-state index contributed by atoms with van der Waals surface area (Å²) in [5.74, 6) is 1.06. The van der Waals surface area contributed by atoms with Crippen LogP contribution in [0.25, 0.3) is 5.57 Å². The largest absolute Gasteiger partial charge is 0.493 e. The first-order valence-corrected chi connectivity index (χ1v) is 9.14. The van der Waals surface area contributed by atoms with Gasteiger partial charge >= 0.3 is 0 Å². The van der Waals surface area contributed by atoms with Crippen LogP contribution < -0.4 is 14.4 Å². The third-order valence-corrected chi connectivity index (χ3v) is 4.97. The maximum absolute atomic E-state index is 13.1. The van der Waals surface area contributed by atoms with Crippen LogP contribution in [0, 0.1) is 0 Å². The average Bonchev–Trinajstić information content (AvgIpc) is 2.92. The summed E-state index contributed by atoms with van der Waals surface area (Å²) in [6, 6.07) is 14.3. The molecule has 3 rings (SSSR count). The van der Waals surface area contributed by atoms with E-state index in [-0.39, 0.29) is 11.8 Å². The monoisotopic (exact) mass is 369 g/mol. The number of amides is 2. The Bertz CT molecular complexity index is 877. The van der Waals surface area contributed by atoms with Crippen LogP contribution >= 0.6 is 11.8 Å². The Hall–Kier alpha value is -2.73. The predicted molar refractivity (Wildman–Crippen MR) is 104 cm³/mol. The lowest BCUT2D eigenvalue weighted by Crippen LogP contribution is -2.31. The van der Waals surface area contributed by atoms with E-state index in [2.05, 4.69) is 0 Å². The second-order valence-corrected chi connectivity index (χ2v) is 6.76. The van der Waals surface area contributed by atoms with E-state index in [1.165, 1.54) is 30.9 Å². The van der Waals surface area contributed by atoms with Gasteiger partial charge in [-0.25, -0.2) is 4.90 Å². The van der Waals surface area contributed by atoms with Gasteiger partial charge in [0.2, 0.25) is 0 Å². The van der Waals surface area contributed by atoms with E-state index in [0.29, 0.717) is 33.4 Å². The molecule has 0 unspecified atom stereocenters. The molecule has 0 spiro atoms. The Kier molecular flexibility index (Phi) is 5.32. The molecular weight excluding hydrogens is 350 g/mol. The number of rotatable bonds is 6. The highest BCUT2D eigenvalue weighted by atomic mass is 32.2. The molecule has 0 N–H and O–H groups in total. The van der Waals surface area contributed by atoms with Crippen LogP contribution in [0.4, 0.5) is 5.69 Å². The smallest absolute Gasteiger partial charge is 0.272 e. The van der Waals surface area contributed by atoms with E-state index < -0.39 is 0 Å². The Balaban J connectivity index is 2.07. The molecule has 1 heterocycles. The normalized spacial score (nSPS) is 14.2. The van der Waals surface area contributed by atoms with Crippen LogP contribution in [-0.4, -0.2) is 31.8 Å². The van der Waals surface area contributed by atoms with Gasteiger partial charge in [-0.2, -0.15) is 0 Å². The van der Waals surface area contributed by atoms with Crippen LogP contribution in [0.15, 0.2) is 53.4 Å². The molecule has 2 aromatic rings. The molecular formula is C20H19NO4S. The fourth-order valence-electron chi connectivity index (χ4n) is 2.85. The van der Waals surface area contributed by atoms with Crippen molar-refractivity contribution in [3.05, 3.63) is 59.0 Å². The third kappa shape index (κ3) is 3.08. The van der Waals surface area contributed by atoms with E-state index >= 15 is 0 Å². The number of carbonyl (C=O) groups is 2. The summed E-state index contributed by atoms with van der Waals surface area (Å²) in [5.41, 5.74) is 1.64. The predicted octanol–water partition coefficient (Wildman–Crippen LogP) is 3.74. The fraction of sp³-hybridized carbons (Fsp3) is 0.200. The van der Waals surface area contributed by atoms with E-state index in [4.69, 9.17) is 9.47 Å². The Labute approximate surface area is 156 Å². The number of benzene rings is 2. The number of imide groups is 1. The lowest BCUT2D eigenvalue weighted by molar-refractivity contribution is -0.119. The lowest BCUT2D eigenvalue weighted by atomic mass is 10.1. The molecule has 0 aliphatic carbocycles. The van der Waals surface area contributed by atoms with Crippen molar-refractivity contribution in [2.75, 3.05) is 24.9 Å². The van der Waals surface area contributed by atoms with E-state index in [9.17, 15) is 9.59 Å². The molecule has 1 aliphatic heterocycles. The first-order valence-electron chi connectivity index (χ1n) is 8.15. The molecule has 0 bridgehead atoms. The van der Waals surface area contributed by atoms with Gasteiger partial charge in [0.05, 0.1) is 30.4 Å².